The van der Waals surface area contributed by atoms with Gasteiger partial charge in [-0.05, 0) is 41.8 Å². The quantitative estimate of drug-likeness (QED) is 0.714. The van der Waals surface area contributed by atoms with Crippen LogP contribution in [0.5, 0.6) is 0 Å². The first-order chi connectivity index (χ1) is 13.8. The molecule has 1 aliphatic heterocycles. The Balaban J connectivity index is 1.63. The minimum Gasteiger partial charge on any atom is -0.338 e. The minimum absolute atomic E-state index is 0.0582. The molecule has 0 saturated heterocycles. The highest BCUT2D eigenvalue weighted by Crippen LogP contribution is 2.27. The van der Waals surface area contributed by atoms with Crippen molar-refractivity contribution in [3.63, 3.8) is 0 Å². The fourth-order valence-electron chi connectivity index (χ4n) is 3.68. The van der Waals surface area contributed by atoms with Gasteiger partial charge in [-0.25, -0.2) is 8.42 Å². The number of nitrogens with one attached hydrogen (secondary N) is 1. The van der Waals surface area contributed by atoms with Crippen LogP contribution in [0.2, 0.25) is 0 Å². The molecule has 0 unspecified atom stereocenters. The van der Waals surface area contributed by atoms with E-state index >= 15 is 0 Å². The number of anilines is 1. The van der Waals surface area contributed by atoms with E-state index in [1.165, 1.54) is 0 Å². The van der Waals surface area contributed by atoms with Crippen molar-refractivity contribution in [3.05, 3.63) is 65.9 Å². The number of hydrogen-bond acceptors (Lipinski definition) is 4. The molecule has 0 saturated carbocycles. The number of hydrogen-bond donors (Lipinski definition) is 1. The average molecular weight is 410 g/mol. The van der Waals surface area contributed by atoms with Crippen LogP contribution in [0.3, 0.4) is 0 Å². The zero-order valence-corrected chi connectivity index (χ0v) is 17.2. The van der Waals surface area contributed by atoms with Crippen molar-refractivity contribution in [1.29, 1.82) is 0 Å². The van der Waals surface area contributed by atoms with Gasteiger partial charge in [0.1, 0.15) is 4.90 Å². The molecule has 0 spiro atoms. The molecule has 2 aromatic carbocycles. The molecule has 150 valence electrons. The van der Waals surface area contributed by atoms with Gasteiger partial charge in [-0.15, -0.1) is 0 Å². The molecule has 1 amide bonds. The van der Waals surface area contributed by atoms with Crippen molar-refractivity contribution in [3.8, 4) is 0 Å². The maximum absolute atomic E-state index is 13.0. The summed E-state index contributed by atoms with van der Waals surface area (Å²) in [6.07, 6.45) is 2.36. The molecular weight excluding hydrogens is 386 g/mol. The molecule has 0 atom stereocenters. The predicted molar refractivity (Wildman–Crippen MR) is 113 cm³/mol. The first kappa shape index (κ1) is 19.4. The summed E-state index contributed by atoms with van der Waals surface area (Å²) < 4.78 is 28.7. The molecule has 0 fully saturated rings. The summed E-state index contributed by atoms with van der Waals surface area (Å²) in [6.45, 7) is 4.97. The standard InChI is InChI=1S/C22H23N3O3S/c1-15(2)22(26)25-12-10-16-8-9-19(13-18(16)14-25)24-29(27,28)20-7-3-5-17-6-4-11-23-21(17)20/h3-9,11,13,15,24H,10,12,14H2,1-2H3. The highest BCUT2D eigenvalue weighted by molar-refractivity contribution is 7.93. The Bertz CT molecular complexity index is 1180. The van der Waals surface area contributed by atoms with Crippen molar-refractivity contribution in [2.45, 2.75) is 31.7 Å². The molecule has 0 aliphatic carbocycles. The Morgan fingerprint density at radius 3 is 2.69 bits per heavy atom. The van der Waals surface area contributed by atoms with E-state index < -0.39 is 10.0 Å². The van der Waals surface area contributed by atoms with Gasteiger partial charge in [0.2, 0.25) is 5.91 Å². The zero-order chi connectivity index (χ0) is 20.6. The Hall–Kier alpha value is -2.93. The molecule has 29 heavy (non-hydrogen) atoms. The van der Waals surface area contributed by atoms with E-state index in [0.29, 0.717) is 24.3 Å². The number of fused-ring (bicyclic) bond motifs is 2. The second kappa shape index (κ2) is 7.48. The van der Waals surface area contributed by atoms with Crippen LogP contribution in [0.4, 0.5) is 5.69 Å². The van der Waals surface area contributed by atoms with Crippen LogP contribution in [-0.4, -0.2) is 30.8 Å². The normalized spacial score (nSPS) is 14.1. The van der Waals surface area contributed by atoms with Gasteiger partial charge in [0, 0.05) is 36.3 Å². The van der Waals surface area contributed by atoms with Crippen LogP contribution in [0, 0.1) is 5.92 Å². The molecular formula is C22H23N3O3S. The summed E-state index contributed by atoms with van der Waals surface area (Å²) in [6, 6.07) is 14.2. The van der Waals surface area contributed by atoms with Gasteiger partial charge in [-0.2, -0.15) is 0 Å². The molecule has 1 aliphatic rings. The van der Waals surface area contributed by atoms with E-state index in [9.17, 15) is 13.2 Å². The lowest BCUT2D eigenvalue weighted by molar-refractivity contribution is -0.135. The number of rotatable bonds is 4. The lowest BCUT2D eigenvalue weighted by Crippen LogP contribution is -2.38. The number of carbonyl (C=O) groups is 1. The predicted octanol–water partition coefficient (Wildman–Crippen LogP) is 3.58. The van der Waals surface area contributed by atoms with Crippen LogP contribution in [0.15, 0.2) is 59.6 Å². The number of amides is 1. The van der Waals surface area contributed by atoms with Crippen molar-refractivity contribution < 1.29 is 13.2 Å². The Morgan fingerprint density at radius 2 is 1.90 bits per heavy atom. The van der Waals surface area contributed by atoms with Gasteiger partial charge in [0.15, 0.2) is 0 Å². The Kier molecular flexibility index (Phi) is 5.00. The molecule has 1 N–H and O–H groups in total. The smallest absolute Gasteiger partial charge is 0.264 e. The molecule has 1 aromatic heterocycles. The molecule has 0 radical (unpaired) electrons. The summed E-state index contributed by atoms with van der Waals surface area (Å²) in [7, 11) is -3.80. The maximum Gasteiger partial charge on any atom is 0.264 e. The SMILES string of the molecule is CC(C)C(=O)N1CCc2ccc(NS(=O)(=O)c3cccc4cccnc34)cc2C1. The highest BCUT2D eigenvalue weighted by Gasteiger charge is 2.24. The summed E-state index contributed by atoms with van der Waals surface area (Å²) in [4.78, 5) is 18.6. The van der Waals surface area contributed by atoms with Crippen LogP contribution in [0.1, 0.15) is 25.0 Å². The summed E-state index contributed by atoms with van der Waals surface area (Å²) in [5.74, 6) is 0.0561. The van der Waals surface area contributed by atoms with E-state index in [0.717, 1.165) is 22.9 Å². The van der Waals surface area contributed by atoms with E-state index in [1.807, 2.05) is 43.0 Å². The first-order valence-electron chi connectivity index (χ1n) is 9.62. The molecule has 3 aromatic rings. The van der Waals surface area contributed by atoms with Gasteiger partial charge in [-0.3, -0.25) is 14.5 Å². The van der Waals surface area contributed by atoms with Gasteiger partial charge in [-0.1, -0.05) is 38.1 Å². The number of para-hydroxylation sites is 1. The third-order valence-electron chi connectivity index (χ3n) is 5.16. The van der Waals surface area contributed by atoms with E-state index in [-0.39, 0.29) is 16.7 Å². The fraction of sp³-hybridized carbons (Fsp3) is 0.273. The van der Waals surface area contributed by atoms with Gasteiger partial charge < -0.3 is 4.90 Å². The van der Waals surface area contributed by atoms with Crippen molar-refractivity contribution in [2.75, 3.05) is 11.3 Å². The molecule has 0 bridgehead atoms. The number of sulfonamides is 1. The second-order valence-corrected chi connectivity index (χ2v) is 9.24. The van der Waals surface area contributed by atoms with Crippen molar-refractivity contribution in [2.24, 2.45) is 5.92 Å². The number of benzene rings is 2. The summed E-state index contributed by atoms with van der Waals surface area (Å²) in [5.41, 5.74) is 3.04. The van der Waals surface area contributed by atoms with Crippen LogP contribution in [-0.2, 0) is 27.8 Å². The molecule has 6 nitrogen and oxygen atoms in total. The summed E-state index contributed by atoms with van der Waals surface area (Å²) >= 11 is 0. The topological polar surface area (TPSA) is 79.4 Å². The lowest BCUT2D eigenvalue weighted by atomic mass is 9.98. The largest absolute Gasteiger partial charge is 0.338 e. The monoisotopic (exact) mass is 409 g/mol. The average Bonchev–Trinajstić information content (AvgIpc) is 2.71. The number of nitrogens with zero attached hydrogens (tertiary/aromatic N) is 2. The Morgan fingerprint density at radius 1 is 1.10 bits per heavy atom. The minimum atomic E-state index is -3.80. The maximum atomic E-state index is 13.0. The van der Waals surface area contributed by atoms with E-state index in [4.69, 9.17) is 0 Å². The van der Waals surface area contributed by atoms with Crippen LogP contribution in [0.25, 0.3) is 10.9 Å². The molecule has 7 heteroatoms. The number of pyridine rings is 1. The van der Waals surface area contributed by atoms with Crippen molar-refractivity contribution >= 4 is 32.5 Å². The van der Waals surface area contributed by atoms with Crippen LogP contribution >= 0.6 is 0 Å². The zero-order valence-electron chi connectivity index (χ0n) is 16.4. The van der Waals surface area contributed by atoms with Gasteiger partial charge in [0.25, 0.3) is 10.0 Å². The third-order valence-corrected chi connectivity index (χ3v) is 6.57. The van der Waals surface area contributed by atoms with Crippen molar-refractivity contribution in [1.82, 2.24) is 9.88 Å². The molecule has 4 rings (SSSR count). The summed E-state index contributed by atoms with van der Waals surface area (Å²) in [5, 5.41) is 0.767. The van der Waals surface area contributed by atoms with E-state index in [2.05, 4.69) is 9.71 Å². The molecule has 2 heterocycles. The second-order valence-electron chi connectivity index (χ2n) is 7.58. The number of carbonyl (C=O) groups excluding carboxylic acids is 1. The number of aromatic nitrogens is 1. The van der Waals surface area contributed by atoms with Gasteiger partial charge >= 0.3 is 0 Å². The van der Waals surface area contributed by atoms with Gasteiger partial charge in [0.05, 0.1) is 5.52 Å². The first-order valence-corrected chi connectivity index (χ1v) is 11.1. The highest BCUT2D eigenvalue weighted by atomic mass is 32.2. The van der Waals surface area contributed by atoms with Crippen LogP contribution < -0.4 is 4.72 Å². The lowest BCUT2D eigenvalue weighted by Gasteiger charge is -2.30. The van der Waals surface area contributed by atoms with E-state index in [1.54, 1.807) is 30.5 Å². The third kappa shape index (κ3) is 3.82. The Labute approximate surface area is 170 Å². The fourth-order valence-corrected chi connectivity index (χ4v) is 4.91.